The van der Waals surface area contributed by atoms with Gasteiger partial charge in [0.2, 0.25) is 0 Å². The third-order valence-electron chi connectivity index (χ3n) is 4.99. The van der Waals surface area contributed by atoms with E-state index in [1.54, 1.807) is 30.3 Å². The molecule has 0 N–H and O–H groups in total. The van der Waals surface area contributed by atoms with Crippen LogP contribution in [0.5, 0.6) is 5.75 Å². The maximum Gasteiger partial charge on any atom is 0.270 e. The summed E-state index contributed by atoms with van der Waals surface area (Å²) < 4.78 is 33.2. The average Bonchev–Trinajstić information content (AvgIpc) is 2.76. The smallest absolute Gasteiger partial charge is 0.270 e. The molecule has 0 aliphatic heterocycles. The second-order valence-corrected chi connectivity index (χ2v) is 7.87. The number of pyridine rings is 1. The average molecular weight is 444 g/mol. The number of carbonyl (C=O) groups is 1. The third kappa shape index (κ3) is 5.88. The normalized spacial score (nSPS) is 12.4. The predicted molar refractivity (Wildman–Crippen MR) is 119 cm³/mol. The van der Waals surface area contributed by atoms with Crippen molar-refractivity contribution in [3.05, 3.63) is 82.5 Å². The molecule has 1 aromatic heterocycles. The molecule has 0 aliphatic rings. The van der Waals surface area contributed by atoms with E-state index in [2.05, 4.69) is 6.92 Å². The highest BCUT2D eigenvalue weighted by Gasteiger charge is 2.24. The van der Waals surface area contributed by atoms with Gasteiger partial charge in [-0.1, -0.05) is 55.3 Å². The van der Waals surface area contributed by atoms with Crippen molar-refractivity contribution in [1.29, 1.82) is 0 Å². The molecule has 0 saturated heterocycles. The molecule has 0 spiro atoms. The monoisotopic (exact) mass is 443 g/mol. The van der Waals surface area contributed by atoms with Gasteiger partial charge in [0, 0.05) is 23.6 Å². The number of carbonyl (C=O) groups excluding carboxylic acids is 1. The standard InChI is InChI=1S/C25H24ClF2NO2/c1-3-4-8-24(31-20-14-11-18(16-30)21(26)15-20)23-7-5-6-22(29-23)17-9-12-19(13-10-17)25(2,27)28/h5-7,9-16,24H,3-4,8H2,1-2H3/t24-/m0/s1. The maximum absolute atomic E-state index is 13.5. The van der Waals surface area contributed by atoms with E-state index in [0.29, 0.717) is 28.3 Å². The number of alkyl halides is 2. The van der Waals surface area contributed by atoms with E-state index in [1.165, 1.54) is 12.1 Å². The van der Waals surface area contributed by atoms with Crippen molar-refractivity contribution >= 4 is 17.9 Å². The summed E-state index contributed by atoms with van der Waals surface area (Å²) in [5.41, 5.74) is 2.55. The molecule has 3 aromatic rings. The summed E-state index contributed by atoms with van der Waals surface area (Å²) in [7, 11) is 0. The van der Waals surface area contributed by atoms with Gasteiger partial charge in [-0.25, -0.2) is 13.8 Å². The zero-order valence-corrected chi connectivity index (χ0v) is 18.2. The molecule has 0 amide bonds. The minimum atomic E-state index is -2.88. The van der Waals surface area contributed by atoms with Gasteiger partial charge in [-0.3, -0.25) is 4.79 Å². The summed E-state index contributed by atoms with van der Waals surface area (Å²) in [6.07, 6.45) is 3.08. The first-order chi connectivity index (χ1) is 14.8. The van der Waals surface area contributed by atoms with E-state index in [0.717, 1.165) is 37.4 Å². The van der Waals surface area contributed by atoms with Gasteiger partial charge in [0.05, 0.1) is 16.4 Å². The van der Waals surface area contributed by atoms with Crippen molar-refractivity contribution in [2.45, 2.75) is 45.1 Å². The predicted octanol–water partition coefficient (Wildman–Crippen LogP) is 7.64. The summed E-state index contributed by atoms with van der Waals surface area (Å²) in [6.45, 7) is 2.98. The van der Waals surface area contributed by atoms with Gasteiger partial charge < -0.3 is 4.74 Å². The van der Waals surface area contributed by atoms with E-state index in [4.69, 9.17) is 21.3 Å². The molecule has 0 bridgehead atoms. The quantitative estimate of drug-likeness (QED) is 0.319. The molecular weight excluding hydrogens is 420 g/mol. The molecule has 2 aromatic carbocycles. The van der Waals surface area contributed by atoms with Crippen molar-refractivity contribution in [2.75, 3.05) is 0 Å². The number of halogens is 3. The fourth-order valence-electron chi connectivity index (χ4n) is 3.22. The molecule has 0 fully saturated rings. The first-order valence-electron chi connectivity index (χ1n) is 10.2. The Balaban J connectivity index is 1.88. The third-order valence-corrected chi connectivity index (χ3v) is 5.31. The zero-order valence-electron chi connectivity index (χ0n) is 17.4. The van der Waals surface area contributed by atoms with Crippen LogP contribution in [0.1, 0.15) is 60.8 Å². The number of rotatable bonds is 9. The number of unbranched alkanes of at least 4 members (excludes halogenated alkanes) is 1. The first-order valence-corrected chi connectivity index (χ1v) is 10.6. The summed E-state index contributed by atoms with van der Waals surface area (Å²) in [6, 6.07) is 16.7. The van der Waals surface area contributed by atoms with Crippen molar-refractivity contribution in [3.8, 4) is 17.0 Å². The number of benzene rings is 2. The molecule has 3 nitrogen and oxygen atoms in total. The van der Waals surface area contributed by atoms with Crippen LogP contribution in [-0.4, -0.2) is 11.3 Å². The number of hydrogen-bond acceptors (Lipinski definition) is 3. The lowest BCUT2D eigenvalue weighted by Crippen LogP contribution is -2.10. The van der Waals surface area contributed by atoms with Gasteiger partial charge in [-0.15, -0.1) is 0 Å². The summed E-state index contributed by atoms with van der Waals surface area (Å²) in [5, 5.41) is 0.330. The van der Waals surface area contributed by atoms with Crippen molar-refractivity contribution < 1.29 is 18.3 Å². The second kappa shape index (κ2) is 10.0. The Bertz CT molecular complexity index is 1030. The molecule has 6 heteroatoms. The lowest BCUT2D eigenvalue weighted by atomic mass is 10.0. The molecule has 31 heavy (non-hydrogen) atoms. The number of nitrogens with zero attached hydrogens (tertiary/aromatic N) is 1. The van der Waals surface area contributed by atoms with Crippen LogP contribution in [-0.2, 0) is 5.92 Å². The molecule has 1 atom stereocenters. The van der Waals surface area contributed by atoms with Crippen LogP contribution in [0.3, 0.4) is 0 Å². The highest BCUT2D eigenvalue weighted by Crippen LogP contribution is 2.31. The van der Waals surface area contributed by atoms with Gasteiger partial charge in [0.1, 0.15) is 11.9 Å². The molecule has 3 rings (SSSR count). The van der Waals surface area contributed by atoms with Crippen LogP contribution in [0, 0.1) is 0 Å². The van der Waals surface area contributed by atoms with Gasteiger partial charge in [-0.2, -0.15) is 0 Å². The number of aldehydes is 1. The maximum atomic E-state index is 13.5. The van der Waals surface area contributed by atoms with Crippen molar-refractivity contribution in [1.82, 2.24) is 4.98 Å². The Kier molecular flexibility index (Phi) is 7.39. The van der Waals surface area contributed by atoms with Gasteiger partial charge >= 0.3 is 0 Å². The summed E-state index contributed by atoms with van der Waals surface area (Å²) in [4.78, 5) is 15.7. The fourth-order valence-corrected chi connectivity index (χ4v) is 3.44. The molecule has 0 radical (unpaired) electrons. The van der Waals surface area contributed by atoms with Crippen LogP contribution >= 0.6 is 11.6 Å². The Morgan fingerprint density at radius 2 is 1.87 bits per heavy atom. The van der Waals surface area contributed by atoms with Crippen LogP contribution in [0.15, 0.2) is 60.7 Å². The van der Waals surface area contributed by atoms with E-state index < -0.39 is 5.92 Å². The lowest BCUT2D eigenvalue weighted by molar-refractivity contribution is 0.0175. The molecule has 0 aliphatic carbocycles. The van der Waals surface area contributed by atoms with Crippen LogP contribution in [0.2, 0.25) is 5.02 Å². The lowest BCUT2D eigenvalue weighted by Gasteiger charge is -2.20. The minimum Gasteiger partial charge on any atom is -0.484 e. The number of ether oxygens (including phenoxy) is 1. The topological polar surface area (TPSA) is 39.2 Å². The molecule has 0 unspecified atom stereocenters. The molecule has 162 valence electrons. The Labute approximate surface area is 186 Å². The van der Waals surface area contributed by atoms with Gasteiger partial charge in [0.15, 0.2) is 6.29 Å². The molecule has 1 heterocycles. The largest absolute Gasteiger partial charge is 0.484 e. The Morgan fingerprint density at radius 3 is 2.48 bits per heavy atom. The molecular formula is C25H24ClF2NO2. The second-order valence-electron chi connectivity index (χ2n) is 7.46. The zero-order chi connectivity index (χ0) is 22.4. The summed E-state index contributed by atoms with van der Waals surface area (Å²) in [5.74, 6) is -2.33. The molecule has 0 saturated carbocycles. The van der Waals surface area contributed by atoms with E-state index >= 15 is 0 Å². The highest BCUT2D eigenvalue weighted by atomic mass is 35.5. The Morgan fingerprint density at radius 1 is 1.13 bits per heavy atom. The SMILES string of the molecule is CCCC[C@H](Oc1ccc(C=O)c(Cl)c1)c1cccc(-c2ccc(C(C)(F)F)cc2)n1. The van der Waals surface area contributed by atoms with E-state index in [1.807, 2.05) is 18.2 Å². The van der Waals surface area contributed by atoms with Crippen molar-refractivity contribution in [2.24, 2.45) is 0 Å². The van der Waals surface area contributed by atoms with Crippen LogP contribution in [0.4, 0.5) is 8.78 Å². The fraction of sp³-hybridized carbons (Fsp3) is 0.280. The number of aromatic nitrogens is 1. The number of hydrogen-bond donors (Lipinski definition) is 0. The highest BCUT2D eigenvalue weighted by molar-refractivity contribution is 6.33. The van der Waals surface area contributed by atoms with Gasteiger partial charge in [0.25, 0.3) is 5.92 Å². The van der Waals surface area contributed by atoms with E-state index in [-0.39, 0.29) is 11.7 Å². The van der Waals surface area contributed by atoms with Gasteiger partial charge in [-0.05, 0) is 43.2 Å². The van der Waals surface area contributed by atoms with Crippen LogP contribution in [0.25, 0.3) is 11.3 Å². The first kappa shape index (κ1) is 22.9. The summed E-state index contributed by atoms with van der Waals surface area (Å²) >= 11 is 6.13. The Hall–Kier alpha value is -2.79. The van der Waals surface area contributed by atoms with Crippen LogP contribution < -0.4 is 4.74 Å². The van der Waals surface area contributed by atoms with Crippen molar-refractivity contribution in [3.63, 3.8) is 0 Å². The minimum absolute atomic E-state index is 0.0350. The van der Waals surface area contributed by atoms with E-state index in [9.17, 15) is 13.6 Å².